The summed E-state index contributed by atoms with van der Waals surface area (Å²) < 4.78 is 2.09. The monoisotopic (exact) mass is 340 g/mol. The molecule has 0 N–H and O–H groups in total. The van der Waals surface area contributed by atoms with E-state index in [9.17, 15) is 0 Å². The van der Waals surface area contributed by atoms with Crippen LogP contribution in [-0.4, -0.2) is 14.9 Å². The van der Waals surface area contributed by atoms with E-state index in [-0.39, 0.29) is 0 Å². The number of alkyl halides is 1. The molecule has 2 nitrogen and oxygen atoms in total. The Morgan fingerprint density at radius 1 is 1.42 bits per heavy atom. The van der Waals surface area contributed by atoms with Gasteiger partial charge in [0.15, 0.2) is 0 Å². The predicted molar refractivity (Wildman–Crippen MR) is 84.0 cm³/mol. The lowest BCUT2D eigenvalue weighted by Gasteiger charge is -2.14. The van der Waals surface area contributed by atoms with Crippen LogP contribution in [0.5, 0.6) is 0 Å². The van der Waals surface area contributed by atoms with Crippen LogP contribution in [-0.2, 0) is 19.9 Å². The molecule has 0 spiro atoms. The zero-order chi connectivity index (χ0) is 13.7. The largest absolute Gasteiger partial charge is 0.338 e. The minimum Gasteiger partial charge on any atom is -0.338 e. The number of benzene rings is 1. The first kappa shape index (κ1) is 14.6. The average molecular weight is 342 g/mol. The van der Waals surface area contributed by atoms with Gasteiger partial charge in [-0.1, -0.05) is 39.7 Å². The van der Waals surface area contributed by atoms with Crippen LogP contribution in [0.3, 0.4) is 0 Å². The Labute approximate surface area is 127 Å². The molecule has 0 aliphatic heterocycles. The number of aromatic nitrogens is 2. The zero-order valence-corrected chi connectivity index (χ0v) is 13.4. The third-order valence-electron chi connectivity index (χ3n) is 3.33. The predicted octanol–water partition coefficient (Wildman–Crippen LogP) is 4.26. The molecule has 2 rings (SSSR count). The van der Waals surface area contributed by atoms with Crippen LogP contribution in [0.1, 0.15) is 17.8 Å². The summed E-state index contributed by atoms with van der Waals surface area (Å²) in [6, 6.07) is 8.13. The van der Waals surface area contributed by atoms with Crippen LogP contribution in [0.25, 0.3) is 0 Å². The van der Waals surface area contributed by atoms with E-state index >= 15 is 0 Å². The van der Waals surface area contributed by atoms with E-state index in [4.69, 9.17) is 11.6 Å². The molecule has 2 aromatic rings. The van der Waals surface area contributed by atoms with E-state index in [0.717, 1.165) is 35.4 Å². The van der Waals surface area contributed by atoms with Crippen LogP contribution in [0.2, 0.25) is 5.02 Å². The highest BCUT2D eigenvalue weighted by Gasteiger charge is 2.10. The van der Waals surface area contributed by atoms with Gasteiger partial charge in [-0.25, -0.2) is 4.98 Å². The lowest BCUT2D eigenvalue weighted by atomic mass is 9.96. The van der Waals surface area contributed by atoms with Crippen LogP contribution in [0.15, 0.2) is 36.7 Å². The first-order valence-electron chi connectivity index (χ1n) is 6.45. The van der Waals surface area contributed by atoms with Gasteiger partial charge in [-0.3, -0.25) is 0 Å². The van der Waals surface area contributed by atoms with E-state index in [2.05, 4.69) is 37.6 Å². The Balaban J connectivity index is 1.92. The van der Waals surface area contributed by atoms with Crippen molar-refractivity contribution in [3.05, 3.63) is 53.1 Å². The molecular weight excluding hydrogens is 324 g/mol. The highest BCUT2D eigenvalue weighted by atomic mass is 79.9. The van der Waals surface area contributed by atoms with Gasteiger partial charge in [0.1, 0.15) is 5.82 Å². The van der Waals surface area contributed by atoms with E-state index in [1.807, 2.05) is 31.6 Å². The minimum absolute atomic E-state index is 0.607. The fourth-order valence-electron chi connectivity index (χ4n) is 2.20. The van der Waals surface area contributed by atoms with Gasteiger partial charge in [0.25, 0.3) is 0 Å². The van der Waals surface area contributed by atoms with Crippen molar-refractivity contribution in [2.75, 3.05) is 5.33 Å². The lowest BCUT2D eigenvalue weighted by molar-refractivity contribution is 0.528. The maximum absolute atomic E-state index is 6.03. The van der Waals surface area contributed by atoms with Crippen molar-refractivity contribution >= 4 is 27.5 Å². The molecule has 0 fully saturated rings. The normalized spacial score (nSPS) is 12.6. The molecule has 1 unspecified atom stereocenters. The minimum atomic E-state index is 0.607. The van der Waals surface area contributed by atoms with Gasteiger partial charge in [0, 0.05) is 36.2 Å². The molecule has 19 heavy (non-hydrogen) atoms. The topological polar surface area (TPSA) is 17.8 Å². The van der Waals surface area contributed by atoms with Crippen molar-refractivity contribution in [2.45, 2.75) is 19.3 Å². The van der Waals surface area contributed by atoms with Gasteiger partial charge < -0.3 is 4.57 Å². The van der Waals surface area contributed by atoms with E-state index < -0.39 is 0 Å². The van der Waals surface area contributed by atoms with Crippen LogP contribution < -0.4 is 0 Å². The van der Waals surface area contributed by atoms with Crippen molar-refractivity contribution in [3.8, 4) is 0 Å². The second-order valence-corrected chi connectivity index (χ2v) is 5.93. The SMILES string of the molecule is Cn1ccnc1CCC(CBr)Cc1cccc(Cl)c1. The molecule has 4 heteroatoms. The standard InChI is InChI=1S/C15H18BrClN2/c1-19-8-7-18-15(19)6-5-13(11-16)9-12-3-2-4-14(17)10-12/h2-4,7-8,10,13H,5-6,9,11H2,1H3. The van der Waals surface area contributed by atoms with Gasteiger partial charge in [-0.05, 0) is 36.5 Å². The maximum atomic E-state index is 6.03. The number of imidazole rings is 1. The Kier molecular flexibility index (Phi) is 5.46. The molecule has 0 saturated carbocycles. The van der Waals surface area contributed by atoms with Crippen molar-refractivity contribution in [1.82, 2.24) is 9.55 Å². The Morgan fingerprint density at radius 2 is 2.26 bits per heavy atom. The van der Waals surface area contributed by atoms with Gasteiger partial charge in [0.2, 0.25) is 0 Å². The molecule has 1 heterocycles. The molecule has 1 atom stereocenters. The number of aryl methyl sites for hydroxylation is 2. The average Bonchev–Trinajstić information content (AvgIpc) is 2.80. The first-order valence-corrected chi connectivity index (χ1v) is 7.95. The molecule has 1 aromatic heterocycles. The highest BCUT2D eigenvalue weighted by molar-refractivity contribution is 9.09. The van der Waals surface area contributed by atoms with Crippen molar-refractivity contribution < 1.29 is 0 Å². The fourth-order valence-corrected chi connectivity index (χ4v) is 2.97. The number of rotatable bonds is 6. The second-order valence-electron chi connectivity index (χ2n) is 4.85. The van der Waals surface area contributed by atoms with Crippen molar-refractivity contribution in [1.29, 1.82) is 0 Å². The molecule has 0 aliphatic carbocycles. The highest BCUT2D eigenvalue weighted by Crippen LogP contribution is 2.19. The van der Waals surface area contributed by atoms with E-state index in [0.29, 0.717) is 5.92 Å². The third kappa shape index (κ3) is 4.36. The number of nitrogens with zero attached hydrogens (tertiary/aromatic N) is 2. The summed E-state index contributed by atoms with van der Waals surface area (Å²) in [5.41, 5.74) is 1.30. The first-order chi connectivity index (χ1) is 9.19. The summed E-state index contributed by atoms with van der Waals surface area (Å²) in [5.74, 6) is 1.76. The molecule has 0 radical (unpaired) electrons. The lowest BCUT2D eigenvalue weighted by Crippen LogP contribution is -2.09. The third-order valence-corrected chi connectivity index (χ3v) is 4.48. The summed E-state index contributed by atoms with van der Waals surface area (Å²) in [5, 5.41) is 1.82. The number of hydrogen-bond acceptors (Lipinski definition) is 1. The van der Waals surface area contributed by atoms with Gasteiger partial charge in [-0.15, -0.1) is 0 Å². The Bertz CT molecular complexity index is 524. The molecule has 0 amide bonds. The van der Waals surface area contributed by atoms with Crippen LogP contribution in [0.4, 0.5) is 0 Å². The molecule has 0 saturated heterocycles. The molecule has 0 aliphatic rings. The summed E-state index contributed by atoms with van der Waals surface area (Å²) in [6.45, 7) is 0. The van der Waals surface area contributed by atoms with Gasteiger partial charge in [0.05, 0.1) is 0 Å². The number of halogens is 2. The number of hydrogen-bond donors (Lipinski definition) is 0. The summed E-state index contributed by atoms with van der Waals surface area (Å²) in [6.07, 6.45) is 7.05. The second kappa shape index (κ2) is 7.11. The van der Waals surface area contributed by atoms with Gasteiger partial charge >= 0.3 is 0 Å². The molecular formula is C15H18BrClN2. The van der Waals surface area contributed by atoms with Crippen LogP contribution in [0, 0.1) is 5.92 Å². The summed E-state index contributed by atoms with van der Waals surface area (Å²) >= 11 is 9.64. The van der Waals surface area contributed by atoms with E-state index in [1.54, 1.807) is 0 Å². The summed E-state index contributed by atoms with van der Waals surface area (Å²) in [7, 11) is 2.04. The zero-order valence-electron chi connectivity index (χ0n) is 11.0. The van der Waals surface area contributed by atoms with Crippen LogP contribution >= 0.6 is 27.5 Å². The smallest absolute Gasteiger partial charge is 0.108 e. The van der Waals surface area contributed by atoms with Crippen molar-refractivity contribution in [3.63, 3.8) is 0 Å². The molecule has 1 aromatic carbocycles. The molecule has 0 bridgehead atoms. The molecule has 102 valence electrons. The summed E-state index contributed by atoms with van der Waals surface area (Å²) in [4.78, 5) is 4.37. The Morgan fingerprint density at radius 3 is 2.89 bits per heavy atom. The Hall–Kier alpha value is -0.800. The van der Waals surface area contributed by atoms with Crippen molar-refractivity contribution in [2.24, 2.45) is 13.0 Å². The van der Waals surface area contributed by atoms with E-state index in [1.165, 1.54) is 5.56 Å². The van der Waals surface area contributed by atoms with Gasteiger partial charge in [-0.2, -0.15) is 0 Å². The quantitative estimate of drug-likeness (QED) is 0.718. The maximum Gasteiger partial charge on any atom is 0.108 e. The fraction of sp³-hybridized carbons (Fsp3) is 0.400.